The van der Waals surface area contributed by atoms with Gasteiger partial charge in [0, 0.05) is 41.1 Å². The van der Waals surface area contributed by atoms with Crippen molar-refractivity contribution in [3.8, 4) is 0 Å². The SMILES string of the molecule is COC(=O)[C@H](CSCSCc1ccccc1)NC(=O)[C@@H](CSCc1ccccc1)NC(=O)CCNC(=O)OCc1ccccc1. The highest BCUT2D eigenvalue weighted by molar-refractivity contribution is 8.15. The average molecular weight is 670 g/mol. The molecule has 45 heavy (non-hydrogen) atoms. The van der Waals surface area contributed by atoms with Crippen LogP contribution in [0.1, 0.15) is 23.1 Å². The van der Waals surface area contributed by atoms with Crippen LogP contribution in [0.25, 0.3) is 0 Å². The van der Waals surface area contributed by atoms with Crippen LogP contribution in [0.3, 0.4) is 0 Å². The van der Waals surface area contributed by atoms with E-state index in [0.29, 0.717) is 11.5 Å². The molecule has 2 atom stereocenters. The van der Waals surface area contributed by atoms with Gasteiger partial charge in [-0.25, -0.2) is 9.59 Å². The molecule has 0 saturated heterocycles. The monoisotopic (exact) mass is 669 g/mol. The Morgan fingerprint density at radius 3 is 1.84 bits per heavy atom. The number of methoxy groups -OCH3 is 1. The molecule has 3 rings (SSSR count). The third kappa shape index (κ3) is 14.8. The first-order chi connectivity index (χ1) is 21.9. The maximum absolute atomic E-state index is 13.4. The van der Waals surface area contributed by atoms with Crippen LogP contribution in [-0.4, -0.2) is 66.2 Å². The van der Waals surface area contributed by atoms with Crippen LogP contribution in [0.2, 0.25) is 0 Å². The lowest BCUT2D eigenvalue weighted by atomic mass is 10.2. The Morgan fingerprint density at radius 2 is 1.24 bits per heavy atom. The smallest absolute Gasteiger partial charge is 0.407 e. The van der Waals surface area contributed by atoms with Gasteiger partial charge in [0.25, 0.3) is 0 Å². The van der Waals surface area contributed by atoms with Crippen LogP contribution in [0.4, 0.5) is 4.79 Å². The molecule has 9 nitrogen and oxygen atoms in total. The van der Waals surface area contributed by atoms with E-state index >= 15 is 0 Å². The predicted octanol–water partition coefficient (Wildman–Crippen LogP) is 5.00. The molecule has 0 aromatic heterocycles. The summed E-state index contributed by atoms with van der Waals surface area (Å²) >= 11 is 4.74. The van der Waals surface area contributed by atoms with Crippen molar-refractivity contribution in [1.29, 1.82) is 0 Å². The third-order valence-electron chi connectivity index (χ3n) is 6.25. The van der Waals surface area contributed by atoms with Gasteiger partial charge < -0.3 is 25.4 Å². The Balaban J connectivity index is 1.49. The summed E-state index contributed by atoms with van der Waals surface area (Å²) in [6.07, 6.45) is -0.692. The quantitative estimate of drug-likeness (QED) is 0.0920. The highest BCUT2D eigenvalue weighted by Gasteiger charge is 2.27. The molecular formula is C33H39N3O6S3. The van der Waals surface area contributed by atoms with E-state index in [2.05, 4.69) is 28.1 Å². The third-order valence-corrected chi connectivity index (χ3v) is 9.79. The van der Waals surface area contributed by atoms with Crippen molar-refractivity contribution in [2.24, 2.45) is 0 Å². The molecule has 0 spiro atoms. The molecule has 0 saturated carbocycles. The Labute approximate surface area is 277 Å². The fourth-order valence-electron chi connectivity index (χ4n) is 3.91. The molecular weight excluding hydrogens is 631 g/mol. The Kier molecular flexibility index (Phi) is 16.9. The number of amides is 3. The summed E-state index contributed by atoms with van der Waals surface area (Å²) in [5.41, 5.74) is 3.15. The molecule has 3 amide bonds. The predicted molar refractivity (Wildman–Crippen MR) is 183 cm³/mol. The van der Waals surface area contributed by atoms with Crippen molar-refractivity contribution in [3.63, 3.8) is 0 Å². The zero-order valence-electron chi connectivity index (χ0n) is 25.1. The summed E-state index contributed by atoms with van der Waals surface area (Å²) in [4.78, 5) is 50.7. The van der Waals surface area contributed by atoms with Crippen molar-refractivity contribution < 1.29 is 28.7 Å². The minimum atomic E-state index is -0.902. The van der Waals surface area contributed by atoms with E-state index in [1.54, 1.807) is 11.8 Å². The Hall–Kier alpha value is -3.61. The lowest BCUT2D eigenvalue weighted by molar-refractivity contribution is -0.144. The number of ether oxygens (including phenoxy) is 2. The van der Waals surface area contributed by atoms with Crippen molar-refractivity contribution >= 4 is 59.2 Å². The van der Waals surface area contributed by atoms with Gasteiger partial charge in [0.15, 0.2) is 0 Å². The van der Waals surface area contributed by atoms with Gasteiger partial charge >= 0.3 is 12.1 Å². The van der Waals surface area contributed by atoms with Crippen molar-refractivity contribution in [2.45, 2.75) is 36.6 Å². The van der Waals surface area contributed by atoms with E-state index in [4.69, 9.17) is 9.47 Å². The summed E-state index contributed by atoms with van der Waals surface area (Å²) in [5.74, 6) is 0.649. The first kappa shape index (κ1) is 35.9. The number of rotatable bonds is 19. The number of nitrogens with one attached hydrogen (secondary N) is 3. The summed E-state index contributed by atoms with van der Waals surface area (Å²) in [7, 11) is 1.28. The zero-order valence-corrected chi connectivity index (χ0v) is 27.6. The van der Waals surface area contributed by atoms with Gasteiger partial charge in [-0.3, -0.25) is 9.59 Å². The molecule has 3 aromatic rings. The minimum Gasteiger partial charge on any atom is -0.467 e. The molecule has 3 N–H and O–H groups in total. The normalized spacial score (nSPS) is 11.9. The van der Waals surface area contributed by atoms with Crippen LogP contribution in [0.15, 0.2) is 91.0 Å². The van der Waals surface area contributed by atoms with E-state index in [-0.39, 0.29) is 25.3 Å². The summed E-state index contributed by atoms with van der Waals surface area (Å²) < 4.78 is 10.1. The number of carbonyl (C=O) groups is 4. The molecule has 0 unspecified atom stereocenters. The number of esters is 1. The standard InChI is InChI=1S/C33H39N3O6S3/c1-41-32(39)29(23-45-24-44-21-27-15-9-4-10-16-27)36-31(38)28(22-43-20-26-13-7-3-8-14-26)35-30(37)17-18-34-33(40)42-19-25-11-5-2-6-12-25/h2-16,28-29H,17-24H2,1H3,(H,34,40)(H,35,37)(H,36,38)/t28-,29+/m1/s1. The van der Waals surface area contributed by atoms with Crippen LogP contribution in [0, 0.1) is 0 Å². The van der Waals surface area contributed by atoms with Crippen LogP contribution in [0.5, 0.6) is 0 Å². The number of hydrogen-bond acceptors (Lipinski definition) is 9. The molecule has 0 fully saturated rings. The number of benzene rings is 3. The molecule has 0 aliphatic heterocycles. The first-order valence-corrected chi connectivity index (χ1v) is 17.8. The molecule has 240 valence electrons. The van der Waals surface area contributed by atoms with Crippen LogP contribution < -0.4 is 16.0 Å². The van der Waals surface area contributed by atoms with E-state index in [1.165, 1.54) is 36.2 Å². The highest BCUT2D eigenvalue weighted by Crippen LogP contribution is 2.19. The van der Waals surface area contributed by atoms with E-state index < -0.39 is 36.0 Å². The second-order valence-corrected chi connectivity index (χ2v) is 13.2. The largest absolute Gasteiger partial charge is 0.467 e. The number of alkyl carbamates (subject to hydrolysis) is 1. The molecule has 0 aliphatic carbocycles. The van der Waals surface area contributed by atoms with E-state index in [1.807, 2.05) is 78.9 Å². The number of hydrogen-bond donors (Lipinski definition) is 3. The fourth-order valence-corrected chi connectivity index (χ4v) is 7.00. The first-order valence-electron chi connectivity index (χ1n) is 14.4. The van der Waals surface area contributed by atoms with Crippen molar-refractivity contribution in [2.75, 3.05) is 30.2 Å². The van der Waals surface area contributed by atoms with Crippen LogP contribution in [-0.2, 0) is 42.0 Å². The lowest BCUT2D eigenvalue weighted by Crippen LogP contribution is -2.53. The minimum absolute atomic E-state index is 0.0347. The van der Waals surface area contributed by atoms with Gasteiger partial charge in [-0.05, 0) is 16.7 Å². The molecule has 3 aromatic carbocycles. The Morgan fingerprint density at radius 1 is 0.689 bits per heavy atom. The van der Waals surface area contributed by atoms with Gasteiger partial charge in [0.1, 0.15) is 18.7 Å². The van der Waals surface area contributed by atoms with Gasteiger partial charge in [0.2, 0.25) is 11.8 Å². The Bertz CT molecular complexity index is 1320. The molecule has 0 aliphatic rings. The second kappa shape index (κ2) is 21.2. The molecule has 0 radical (unpaired) electrons. The van der Waals surface area contributed by atoms with Crippen LogP contribution >= 0.6 is 35.3 Å². The molecule has 12 heteroatoms. The fraction of sp³-hybridized carbons (Fsp3) is 0.333. The maximum atomic E-state index is 13.4. The highest BCUT2D eigenvalue weighted by atomic mass is 32.2. The van der Waals surface area contributed by atoms with Crippen molar-refractivity contribution in [1.82, 2.24) is 16.0 Å². The van der Waals surface area contributed by atoms with Gasteiger partial charge in [0.05, 0.1) is 7.11 Å². The van der Waals surface area contributed by atoms with Gasteiger partial charge in [-0.1, -0.05) is 91.0 Å². The summed E-state index contributed by atoms with van der Waals surface area (Å²) in [6, 6.07) is 27.4. The summed E-state index contributed by atoms with van der Waals surface area (Å²) in [6.45, 7) is 0.151. The topological polar surface area (TPSA) is 123 Å². The zero-order chi connectivity index (χ0) is 32.1. The van der Waals surface area contributed by atoms with Gasteiger partial charge in [-0.15, -0.1) is 23.5 Å². The average Bonchev–Trinajstić information content (AvgIpc) is 3.07. The molecule has 0 heterocycles. The van der Waals surface area contributed by atoms with E-state index in [0.717, 1.165) is 22.0 Å². The van der Waals surface area contributed by atoms with Gasteiger partial charge in [-0.2, -0.15) is 11.8 Å². The number of carbonyl (C=O) groups excluding carboxylic acids is 4. The number of thioether (sulfide) groups is 3. The second-order valence-electron chi connectivity index (χ2n) is 9.77. The summed E-state index contributed by atoms with van der Waals surface area (Å²) in [5, 5.41) is 8.82. The maximum Gasteiger partial charge on any atom is 0.407 e. The molecule has 0 bridgehead atoms. The van der Waals surface area contributed by atoms with Crippen molar-refractivity contribution in [3.05, 3.63) is 108 Å². The van der Waals surface area contributed by atoms with E-state index in [9.17, 15) is 19.2 Å². The lowest BCUT2D eigenvalue weighted by Gasteiger charge is -2.22.